The van der Waals surface area contributed by atoms with Crippen LogP contribution in [0.4, 0.5) is 5.69 Å². The van der Waals surface area contributed by atoms with Gasteiger partial charge in [-0.05, 0) is 38.8 Å². The lowest BCUT2D eigenvalue weighted by Gasteiger charge is -2.14. The Morgan fingerprint density at radius 1 is 1.23 bits per heavy atom. The Kier molecular flexibility index (Phi) is 2.45. The molecule has 72 valence electrons. The van der Waals surface area contributed by atoms with Gasteiger partial charge in [0.2, 0.25) is 0 Å². The monoisotopic (exact) mass is 180 g/mol. The van der Waals surface area contributed by atoms with Gasteiger partial charge in [0.05, 0.1) is 0 Å². The first-order chi connectivity index (χ1) is 6.00. The van der Waals surface area contributed by atoms with Gasteiger partial charge in [0, 0.05) is 12.2 Å². The molecule has 0 saturated heterocycles. The molecule has 1 aromatic rings. The topological polar surface area (TPSA) is 48.0 Å². The van der Waals surface area contributed by atoms with Crippen molar-refractivity contribution < 1.29 is 0 Å². The Balaban J connectivity index is 3.67. The molecule has 0 aliphatic heterocycles. The van der Waals surface area contributed by atoms with Crippen LogP contribution in [0.15, 0.2) is 4.79 Å². The largest absolute Gasteiger partial charge is 0.394 e. The third-order valence-corrected chi connectivity index (χ3v) is 2.71. The van der Waals surface area contributed by atoms with Crippen molar-refractivity contribution in [2.24, 2.45) is 0 Å². The summed E-state index contributed by atoms with van der Waals surface area (Å²) in [7, 11) is 0. The molecule has 1 heterocycles. The summed E-state index contributed by atoms with van der Waals surface area (Å²) in [5.74, 6) is 0. The van der Waals surface area contributed by atoms with E-state index in [1.807, 2.05) is 27.7 Å². The molecule has 0 amide bonds. The lowest BCUT2D eigenvalue weighted by atomic mass is 10.1. The van der Waals surface area contributed by atoms with Crippen molar-refractivity contribution in [3.05, 3.63) is 27.2 Å². The standard InChI is InChI=1S/C10H16N2O/c1-5-12-8(4)6(2)7(3)9(11)10(12)13/h5,11H2,1-4H3. The number of aromatic nitrogens is 1. The van der Waals surface area contributed by atoms with Crippen LogP contribution in [-0.2, 0) is 6.54 Å². The summed E-state index contributed by atoms with van der Waals surface area (Å²) in [5, 5.41) is 0. The lowest BCUT2D eigenvalue weighted by molar-refractivity contribution is 0.695. The molecule has 2 N–H and O–H groups in total. The van der Waals surface area contributed by atoms with Gasteiger partial charge in [0.1, 0.15) is 5.69 Å². The Morgan fingerprint density at radius 3 is 2.23 bits per heavy atom. The number of anilines is 1. The minimum atomic E-state index is -0.0666. The van der Waals surface area contributed by atoms with E-state index < -0.39 is 0 Å². The van der Waals surface area contributed by atoms with Crippen molar-refractivity contribution in [2.75, 3.05) is 5.73 Å². The molecule has 13 heavy (non-hydrogen) atoms. The summed E-state index contributed by atoms with van der Waals surface area (Å²) in [5.41, 5.74) is 9.04. The van der Waals surface area contributed by atoms with Gasteiger partial charge in [-0.3, -0.25) is 4.79 Å². The van der Waals surface area contributed by atoms with E-state index in [1.165, 1.54) is 0 Å². The van der Waals surface area contributed by atoms with Crippen molar-refractivity contribution >= 4 is 5.69 Å². The van der Waals surface area contributed by atoms with E-state index in [-0.39, 0.29) is 5.56 Å². The van der Waals surface area contributed by atoms with E-state index in [9.17, 15) is 4.79 Å². The predicted octanol–water partition coefficient (Wildman–Crippen LogP) is 1.38. The van der Waals surface area contributed by atoms with E-state index in [0.29, 0.717) is 12.2 Å². The predicted molar refractivity (Wildman–Crippen MR) is 55.0 cm³/mol. The van der Waals surface area contributed by atoms with E-state index >= 15 is 0 Å². The Bertz CT molecular complexity index is 391. The maximum atomic E-state index is 11.6. The second-order valence-electron chi connectivity index (χ2n) is 3.30. The minimum Gasteiger partial charge on any atom is -0.394 e. The number of pyridine rings is 1. The zero-order valence-corrected chi connectivity index (χ0v) is 8.64. The van der Waals surface area contributed by atoms with Crippen LogP contribution in [0.25, 0.3) is 0 Å². The van der Waals surface area contributed by atoms with Crippen LogP contribution in [0.3, 0.4) is 0 Å². The second kappa shape index (κ2) is 3.24. The molecule has 0 saturated carbocycles. The van der Waals surface area contributed by atoms with Gasteiger partial charge in [0.15, 0.2) is 0 Å². The molecule has 0 bridgehead atoms. The maximum absolute atomic E-state index is 11.6. The lowest BCUT2D eigenvalue weighted by Crippen LogP contribution is -2.26. The van der Waals surface area contributed by atoms with Crippen LogP contribution >= 0.6 is 0 Å². The van der Waals surface area contributed by atoms with Crippen LogP contribution < -0.4 is 11.3 Å². The third-order valence-electron chi connectivity index (χ3n) is 2.71. The van der Waals surface area contributed by atoms with Gasteiger partial charge in [0.25, 0.3) is 5.56 Å². The second-order valence-corrected chi connectivity index (χ2v) is 3.30. The fourth-order valence-corrected chi connectivity index (χ4v) is 1.51. The molecular formula is C10H16N2O. The van der Waals surface area contributed by atoms with Crippen molar-refractivity contribution in [3.63, 3.8) is 0 Å². The minimum absolute atomic E-state index is 0.0666. The molecule has 1 rings (SSSR count). The average Bonchev–Trinajstić information content (AvgIpc) is 2.13. The highest BCUT2D eigenvalue weighted by atomic mass is 16.1. The van der Waals surface area contributed by atoms with Crippen molar-refractivity contribution in [1.82, 2.24) is 4.57 Å². The van der Waals surface area contributed by atoms with Crippen LogP contribution in [0.1, 0.15) is 23.7 Å². The first-order valence-corrected chi connectivity index (χ1v) is 4.46. The molecule has 0 aliphatic carbocycles. The summed E-state index contributed by atoms with van der Waals surface area (Å²) in [6.45, 7) is 8.46. The molecule has 0 aromatic carbocycles. The van der Waals surface area contributed by atoms with E-state index in [4.69, 9.17) is 5.73 Å². The highest BCUT2D eigenvalue weighted by Gasteiger charge is 2.09. The fourth-order valence-electron chi connectivity index (χ4n) is 1.51. The molecular weight excluding hydrogens is 164 g/mol. The van der Waals surface area contributed by atoms with Crippen molar-refractivity contribution in [1.29, 1.82) is 0 Å². The van der Waals surface area contributed by atoms with Crippen molar-refractivity contribution in [3.8, 4) is 0 Å². The molecule has 1 aromatic heterocycles. The first-order valence-electron chi connectivity index (χ1n) is 4.46. The Morgan fingerprint density at radius 2 is 1.77 bits per heavy atom. The SMILES string of the molecule is CCn1c(C)c(C)c(C)c(N)c1=O. The zero-order valence-electron chi connectivity index (χ0n) is 8.64. The molecule has 0 radical (unpaired) electrons. The van der Waals surface area contributed by atoms with Crippen LogP contribution in [-0.4, -0.2) is 4.57 Å². The maximum Gasteiger partial charge on any atom is 0.274 e. The molecule has 0 aliphatic rings. The molecule has 0 spiro atoms. The van der Waals surface area contributed by atoms with E-state index in [0.717, 1.165) is 16.8 Å². The van der Waals surface area contributed by atoms with Gasteiger partial charge in [-0.25, -0.2) is 0 Å². The molecule has 3 heteroatoms. The fraction of sp³-hybridized carbons (Fsp3) is 0.500. The van der Waals surface area contributed by atoms with Crippen LogP contribution in [0.2, 0.25) is 0 Å². The molecule has 0 fully saturated rings. The number of rotatable bonds is 1. The van der Waals surface area contributed by atoms with E-state index in [1.54, 1.807) is 4.57 Å². The first kappa shape index (κ1) is 9.84. The average molecular weight is 180 g/mol. The van der Waals surface area contributed by atoms with E-state index in [2.05, 4.69) is 0 Å². The van der Waals surface area contributed by atoms with Gasteiger partial charge >= 0.3 is 0 Å². The number of nitrogen functional groups attached to an aromatic ring is 1. The van der Waals surface area contributed by atoms with Gasteiger partial charge in [-0.2, -0.15) is 0 Å². The molecule has 3 nitrogen and oxygen atoms in total. The van der Waals surface area contributed by atoms with Gasteiger partial charge in [-0.1, -0.05) is 0 Å². The van der Waals surface area contributed by atoms with Crippen molar-refractivity contribution in [2.45, 2.75) is 34.2 Å². The van der Waals surface area contributed by atoms with Gasteiger partial charge < -0.3 is 10.3 Å². The normalized spacial score (nSPS) is 10.5. The molecule has 0 atom stereocenters. The molecule has 0 unspecified atom stereocenters. The highest BCUT2D eigenvalue weighted by Crippen LogP contribution is 2.14. The number of nitrogens with zero attached hydrogens (tertiary/aromatic N) is 1. The summed E-state index contributed by atoms with van der Waals surface area (Å²) >= 11 is 0. The third kappa shape index (κ3) is 1.34. The number of hydrogen-bond donors (Lipinski definition) is 1. The Labute approximate surface area is 78.2 Å². The smallest absolute Gasteiger partial charge is 0.274 e. The zero-order chi connectivity index (χ0) is 10.2. The summed E-state index contributed by atoms with van der Waals surface area (Å²) in [6.07, 6.45) is 0. The number of nitrogens with two attached hydrogens (primary N) is 1. The summed E-state index contributed by atoms with van der Waals surface area (Å²) in [6, 6.07) is 0. The van der Waals surface area contributed by atoms with Crippen LogP contribution in [0.5, 0.6) is 0 Å². The summed E-state index contributed by atoms with van der Waals surface area (Å²) < 4.78 is 1.71. The van der Waals surface area contributed by atoms with Gasteiger partial charge in [-0.15, -0.1) is 0 Å². The number of hydrogen-bond acceptors (Lipinski definition) is 2. The van der Waals surface area contributed by atoms with Crippen LogP contribution in [0, 0.1) is 20.8 Å². The Hall–Kier alpha value is -1.25. The highest BCUT2D eigenvalue weighted by molar-refractivity contribution is 5.49. The quantitative estimate of drug-likeness (QED) is 0.709. The summed E-state index contributed by atoms with van der Waals surface area (Å²) in [4.78, 5) is 11.6.